The van der Waals surface area contributed by atoms with Gasteiger partial charge in [-0.05, 0) is 25.1 Å². The summed E-state index contributed by atoms with van der Waals surface area (Å²) in [6.07, 6.45) is 0.824. The molecule has 1 aliphatic rings. The van der Waals surface area contributed by atoms with Crippen LogP contribution in [0.1, 0.15) is 24.5 Å². The van der Waals surface area contributed by atoms with Crippen LogP contribution in [0.25, 0.3) is 0 Å². The van der Waals surface area contributed by atoms with Crippen LogP contribution < -0.4 is 10.6 Å². The molecule has 1 saturated heterocycles. The number of ether oxygens (including phenoxy) is 1. The van der Waals surface area contributed by atoms with Gasteiger partial charge in [0.15, 0.2) is 0 Å². The maximum absolute atomic E-state index is 11.6. The van der Waals surface area contributed by atoms with E-state index in [2.05, 4.69) is 46.7 Å². The van der Waals surface area contributed by atoms with Gasteiger partial charge in [0.25, 0.3) is 0 Å². The zero-order chi connectivity index (χ0) is 15.8. The molecule has 1 aromatic carbocycles. The normalized spacial score (nSPS) is 19.1. The standard InChI is InChI=1S/C17H27N3O2/c1-14-12-20(8-9-22-14)13-16-5-3-4-15(10-16)11-19-17(21)6-7-18-2/h3-5,10,14,18H,6-9,11-13H2,1-2H3,(H,19,21). The SMILES string of the molecule is CNCCC(=O)NCc1cccc(CN2CCOC(C)C2)c1. The van der Waals surface area contributed by atoms with Gasteiger partial charge in [0.05, 0.1) is 12.7 Å². The van der Waals surface area contributed by atoms with Crippen molar-refractivity contribution in [3.63, 3.8) is 0 Å². The number of rotatable bonds is 7. The van der Waals surface area contributed by atoms with Gasteiger partial charge in [-0.15, -0.1) is 0 Å². The van der Waals surface area contributed by atoms with E-state index in [1.165, 1.54) is 5.56 Å². The molecule has 0 radical (unpaired) electrons. The Kier molecular flexibility index (Phi) is 6.83. The summed E-state index contributed by atoms with van der Waals surface area (Å²) in [7, 11) is 1.85. The number of amides is 1. The summed E-state index contributed by atoms with van der Waals surface area (Å²) in [6, 6.07) is 8.45. The van der Waals surface area contributed by atoms with Gasteiger partial charge in [0.2, 0.25) is 5.91 Å². The van der Waals surface area contributed by atoms with Crippen LogP contribution >= 0.6 is 0 Å². The zero-order valence-corrected chi connectivity index (χ0v) is 13.6. The number of hydrogen-bond acceptors (Lipinski definition) is 4. The largest absolute Gasteiger partial charge is 0.376 e. The van der Waals surface area contributed by atoms with E-state index in [4.69, 9.17) is 4.74 Å². The number of nitrogens with one attached hydrogen (secondary N) is 2. The minimum atomic E-state index is 0.0850. The Hall–Kier alpha value is -1.43. The van der Waals surface area contributed by atoms with Crippen molar-refractivity contribution in [3.05, 3.63) is 35.4 Å². The minimum absolute atomic E-state index is 0.0850. The molecule has 1 atom stereocenters. The van der Waals surface area contributed by atoms with Gasteiger partial charge in [-0.3, -0.25) is 9.69 Å². The number of morpholine rings is 1. The molecule has 0 aromatic heterocycles. The number of benzene rings is 1. The summed E-state index contributed by atoms with van der Waals surface area (Å²) in [5.41, 5.74) is 2.44. The highest BCUT2D eigenvalue weighted by molar-refractivity contribution is 5.76. The van der Waals surface area contributed by atoms with Crippen LogP contribution in [0, 0.1) is 0 Å². The molecule has 0 aliphatic carbocycles. The van der Waals surface area contributed by atoms with Crippen molar-refractivity contribution in [2.24, 2.45) is 0 Å². The smallest absolute Gasteiger partial charge is 0.221 e. The highest BCUT2D eigenvalue weighted by atomic mass is 16.5. The first kappa shape index (κ1) is 16.9. The molecule has 22 heavy (non-hydrogen) atoms. The maximum atomic E-state index is 11.6. The van der Waals surface area contributed by atoms with Crippen LogP contribution in [0.2, 0.25) is 0 Å². The Bertz CT molecular complexity index is 479. The fourth-order valence-electron chi connectivity index (χ4n) is 2.66. The lowest BCUT2D eigenvalue weighted by Crippen LogP contribution is -2.40. The molecule has 5 heteroatoms. The second-order valence-corrected chi connectivity index (χ2v) is 5.87. The molecule has 0 bridgehead atoms. The first-order chi connectivity index (χ1) is 10.7. The summed E-state index contributed by atoms with van der Waals surface area (Å²) in [5, 5.41) is 5.94. The predicted molar refractivity (Wildman–Crippen MR) is 87.5 cm³/mol. The molecule has 1 aliphatic heterocycles. The van der Waals surface area contributed by atoms with E-state index in [1.54, 1.807) is 0 Å². The van der Waals surface area contributed by atoms with Crippen LogP contribution in [0.5, 0.6) is 0 Å². The second kappa shape index (κ2) is 8.88. The summed E-state index contributed by atoms with van der Waals surface area (Å²) in [6.45, 7) is 7.12. The lowest BCUT2D eigenvalue weighted by molar-refractivity contribution is -0.121. The number of carbonyl (C=O) groups excluding carboxylic acids is 1. The first-order valence-corrected chi connectivity index (χ1v) is 8.00. The molecule has 1 heterocycles. The summed E-state index contributed by atoms with van der Waals surface area (Å²) in [5.74, 6) is 0.0850. The van der Waals surface area contributed by atoms with Gasteiger partial charge in [-0.1, -0.05) is 24.3 Å². The summed E-state index contributed by atoms with van der Waals surface area (Å²) < 4.78 is 5.57. The second-order valence-electron chi connectivity index (χ2n) is 5.87. The zero-order valence-electron chi connectivity index (χ0n) is 13.6. The van der Waals surface area contributed by atoms with Crippen molar-refractivity contribution in [3.8, 4) is 0 Å². The van der Waals surface area contributed by atoms with E-state index >= 15 is 0 Å². The number of nitrogens with zero attached hydrogens (tertiary/aromatic N) is 1. The number of hydrogen-bond donors (Lipinski definition) is 2. The van der Waals surface area contributed by atoms with Crippen molar-refractivity contribution in [1.29, 1.82) is 0 Å². The third-order valence-electron chi connectivity index (χ3n) is 3.81. The highest BCUT2D eigenvalue weighted by Crippen LogP contribution is 2.12. The molecule has 0 saturated carbocycles. The van der Waals surface area contributed by atoms with E-state index in [1.807, 2.05) is 7.05 Å². The van der Waals surface area contributed by atoms with E-state index < -0.39 is 0 Å². The fourth-order valence-corrected chi connectivity index (χ4v) is 2.66. The molecule has 5 nitrogen and oxygen atoms in total. The van der Waals surface area contributed by atoms with Gasteiger partial charge in [0.1, 0.15) is 0 Å². The number of carbonyl (C=O) groups is 1. The van der Waals surface area contributed by atoms with Gasteiger partial charge >= 0.3 is 0 Å². The van der Waals surface area contributed by atoms with E-state index in [0.717, 1.165) is 31.8 Å². The van der Waals surface area contributed by atoms with E-state index in [0.29, 0.717) is 25.6 Å². The first-order valence-electron chi connectivity index (χ1n) is 8.00. The average molecular weight is 305 g/mol. The van der Waals surface area contributed by atoms with E-state index in [-0.39, 0.29) is 5.91 Å². The molecular formula is C17H27N3O2. The van der Waals surface area contributed by atoms with Crippen LogP contribution in [0.15, 0.2) is 24.3 Å². The Morgan fingerprint density at radius 1 is 1.41 bits per heavy atom. The topological polar surface area (TPSA) is 53.6 Å². The quantitative estimate of drug-likeness (QED) is 0.793. The lowest BCUT2D eigenvalue weighted by Gasteiger charge is -2.31. The van der Waals surface area contributed by atoms with Gasteiger partial charge in [-0.2, -0.15) is 0 Å². The predicted octanol–water partition coefficient (Wildman–Crippen LogP) is 1.13. The maximum Gasteiger partial charge on any atom is 0.221 e. The monoisotopic (exact) mass is 305 g/mol. The Labute approximate surface area is 133 Å². The van der Waals surface area contributed by atoms with Crippen LogP contribution in [0.3, 0.4) is 0 Å². The minimum Gasteiger partial charge on any atom is -0.376 e. The van der Waals surface area contributed by atoms with Crippen molar-refractivity contribution in [1.82, 2.24) is 15.5 Å². The molecule has 2 rings (SSSR count). The van der Waals surface area contributed by atoms with Gasteiger partial charge < -0.3 is 15.4 Å². The Morgan fingerprint density at radius 2 is 2.23 bits per heavy atom. The average Bonchev–Trinajstić information content (AvgIpc) is 2.51. The van der Waals surface area contributed by atoms with Crippen molar-refractivity contribution >= 4 is 5.91 Å². The van der Waals surface area contributed by atoms with Crippen LogP contribution in [-0.4, -0.2) is 50.2 Å². The van der Waals surface area contributed by atoms with Crippen LogP contribution in [-0.2, 0) is 22.6 Å². The fraction of sp³-hybridized carbons (Fsp3) is 0.588. The molecule has 2 N–H and O–H groups in total. The molecule has 1 aromatic rings. The van der Waals surface area contributed by atoms with Crippen molar-refractivity contribution in [2.75, 3.05) is 33.3 Å². The molecule has 1 fully saturated rings. The Balaban J connectivity index is 1.83. The van der Waals surface area contributed by atoms with E-state index in [9.17, 15) is 4.79 Å². The van der Waals surface area contributed by atoms with Crippen molar-refractivity contribution in [2.45, 2.75) is 32.5 Å². The molecule has 1 amide bonds. The highest BCUT2D eigenvalue weighted by Gasteiger charge is 2.16. The van der Waals surface area contributed by atoms with Crippen LogP contribution in [0.4, 0.5) is 0 Å². The molecule has 1 unspecified atom stereocenters. The summed E-state index contributed by atoms with van der Waals surface area (Å²) in [4.78, 5) is 14.1. The summed E-state index contributed by atoms with van der Waals surface area (Å²) >= 11 is 0. The molecule has 122 valence electrons. The van der Waals surface area contributed by atoms with Gasteiger partial charge in [0, 0.05) is 39.1 Å². The third kappa shape index (κ3) is 5.75. The molecular weight excluding hydrogens is 278 g/mol. The third-order valence-corrected chi connectivity index (χ3v) is 3.81. The lowest BCUT2D eigenvalue weighted by atomic mass is 10.1. The van der Waals surface area contributed by atoms with Crippen molar-refractivity contribution < 1.29 is 9.53 Å². The van der Waals surface area contributed by atoms with Gasteiger partial charge in [-0.25, -0.2) is 0 Å². The molecule has 0 spiro atoms. The Morgan fingerprint density at radius 3 is 3.00 bits per heavy atom.